The zero-order valence-electron chi connectivity index (χ0n) is 81.3. The van der Waals surface area contributed by atoms with E-state index in [1.165, 1.54) is 50.7 Å². The molecule has 6 N–H and O–H groups in total. The number of benzene rings is 6. The monoisotopic (exact) mass is 2020 g/mol. The summed E-state index contributed by atoms with van der Waals surface area (Å²) < 4.78 is 53.3. The van der Waals surface area contributed by atoms with Crippen LogP contribution in [0.4, 0.5) is 48.9 Å². The van der Waals surface area contributed by atoms with Gasteiger partial charge in [0.25, 0.3) is 6.43 Å². The molecule has 137 heavy (non-hydrogen) atoms. The summed E-state index contributed by atoms with van der Waals surface area (Å²) in [5, 5.41) is 20.7. The summed E-state index contributed by atoms with van der Waals surface area (Å²) >= 11 is 28.1. The van der Waals surface area contributed by atoms with Crippen LogP contribution in [0.15, 0.2) is 114 Å². The fourth-order valence-electron chi connectivity index (χ4n) is 18.9. The Balaban J connectivity index is 0.000000125. The van der Waals surface area contributed by atoms with Crippen LogP contribution in [0.5, 0.6) is 0 Å². The minimum atomic E-state index is -2.52. The third-order valence-electron chi connectivity index (χ3n) is 27.9. The zero-order chi connectivity index (χ0) is 98.1. The molecule has 8 aliphatic rings. The van der Waals surface area contributed by atoms with Crippen LogP contribution in [0.25, 0.3) is 66.2 Å². The lowest BCUT2D eigenvalue weighted by atomic mass is 9.68. The second-order valence-corrected chi connectivity index (χ2v) is 46.4. The fourth-order valence-corrected chi connectivity index (χ4v) is 19.9. The SMILES string of the molecule is CC(C)(C)CC(=O)Nc1nc2ccc(Br)cc2n1C1CCC1.CC(C)(C)CC(=O)Nc1nc2ccc(C(F)F)cc2n1C1CCC1.CC(C)(C)CC(=O)Nc1nc2ccc(Cl)cc2n1C1CCC1.CC(C)[C@H](C)C(=O)Nc1nc2ccc(Cl)cc2n1C1CCC1.CC1(CC(=O)Nc2nc3ccc(Cl)cc3n2C2CCC2)CCC1.CC1(F)CC(CC(=O)Nc2nc3ccc(Cl)cc3n2C2CCC2)C1. The molecule has 6 heterocycles. The summed E-state index contributed by atoms with van der Waals surface area (Å²) in [5.74, 6) is 4.07. The molecule has 734 valence electrons. The average molecular weight is 2020 g/mol. The Hall–Kier alpha value is -9.61. The van der Waals surface area contributed by atoms with Gasteiger partial charge in [-0.2, -0.15) is 0 Å². The molecule has 0 saturated heterocycles. The van der Waals surface area contributed by atoms with Gasteiger partial charge in [0.2, 0.25) is 71.1 Å². The molecule has 1 atom stereocenters. The van der Waals surface area contributed by atoms with Crippen LogP contribution in [-0.4, -0.2) is 98.4 Å². The van der Waals surface area contributed by atoms with Gasteiger partial charge in [0.1, 0.15) is 5.67 Å². The third-order valence-corrected chi connectivity index (χ3v) is 29.3. The number of fused-ring (bicyclic) bond motifs is 6. The molecule has 12 aromatic rings. The number of rotatable bonds is 22. The molecule has 6 amide bonds. The molecule has 6 aromatic heterocycles. The van der Waals surface area contributed by atoms with E-state index >= 15 is 0 Å². The van der Waals surface area contributed by atoms with Gasteiger partial charge >= 0.3 is 0 Å². The predicted octanol–water partition coefficient (Wildman–Crippen LogP) is 29.2. The number of nitrogens with one attached hydrogen (secondary N) is 6. The number of aromatic nitrogens is 12. The van der Waals surface area contributed by atoms with Gasteiger partial charge in [-0.3, -0.25) is 60.7 Å². The lowest BCUT2D eigenvalue weighted by Crippen LogP contribution is -2.38. The highest BCUT2D eigenvalue weighted by Gasteiger charge is 2.42. The molecule has 0 unspecified atom stereocenters. The minimum absolute atomic E-state index is 0.00877. The highest BCUT2D eigenvalue weighted by Crippen LogP contribution is 2.49. The van der Waals surface area contributed by atoms with Crippen molar-refractivity contribution >= 4 is 200 Å². The van der Waals surface area contributed by atoms with Crippen LogP contribution in [0.2, 0.25) is 20.1 Å². The molecule has 0 radical (unpaired) electrons. The van der Waals surface area contributed by atoms with Crippen molar-refractivity contribution in [2.45, 2.75) is 325 Å². The largest absolute Gasteiger partial charge is 0.307 e. The maximum atomic E-state index is 13.6. The van der Waals surface area contributed by atoms with Crippen LogP contribution >= 0.6 is 62.3 Å². The summed E-state index contributed by atoms with van der Waals surface area (Å²) in [6, 6.07) is 35.5. The molecule has 0 bridgehead atoms. The standard InChI is InChI=1S/C18H21ClFN3O.C18H22ClN3O.C18H23F2N3O.C17H22BrN3O.2C17H22ClN3O/c1-18(20)9-11(10-18)7-16(24)22-17-21-14-6-5-12(19)8-15(14)23(17)13-3-2-4-13;1-18(8-3-9-18)11-16(23)21-17-20-14-7-6-12(19)10-15(14)22(17)13-4-2-5-13;1-18(2,3)10-15(24)22-17-21-13-8-7-11(16(19)20)9-14(13)23(17)12-5-4-6-12;2*1-17(2,3)10-15(22)20-16-19-13-8-7-11(18)9-14(13)21(16)12-5-4-6-12;1-10(2)11(3)16(22)20-17-19-14-8-7-12(18)9-15(14)21(17)13-5-4-6-13/h5-6,8,11,13H,2-4,7,9-10H2,1H3,(H,21,22,24);6-7,10,13H,2-5,8-9,11H2,1H3,(H,20,21,23);7-9,12,16H,4-6,10H2,1-3H3,(H,21,22,24);2*7-9,12H,4-6,10H2,1-3H3,(H,19,20,22);7-11,13H,4-6H2,1-3H3,(H,19,20,22)/t;;;;;11-/m.....0/s1. The van der Waals surface area contributed by atoms with Gasteiger partial charge in [0, 0.05) is 104 Å². The number of alkyl halides is 3. The molecule has 8 saturated carbocycles. The van der Waals surface area contributed by atoms with Gasteiger partial charge in [0.05, 0.1) is 66.2 Å². The average Bonchev–Trinajstić information content (AvgIpc) is 1.65. The van der Waals surface area contributed by atoms with Gasteiger partial charge in [-0.15, -0.1) is 0 Å². The molecule has 0 spiro atoms. The smallest absolute Gasteiger partial charge is 0.263 e. The first-order valence-electron chi connectivity index (χ1n) is 49.0. The number of carbonyl (C=O) groups is 6. The highest BCUT2D eigenvalue weighted by atomic mass is 79.9. The Labute approximate surface area is 828 Å². The van der Waals surface area contributed by atoms with Crippen molar-refractivity contribution in [3.8, 4) is 0 Å². The van der Waals surface area contributed by atoms with Crippen molar-refractivity contribution < 1.29 is 41.9 Å². The lowest BCUT2D eigenvalue weighted by molar-refractivity contribution is -0.121. The summed E-state index contributed by atoms with van der Waals surface area (Å²) in [6.45, 7) is 28.2. The molecular formula is C105H132BrCl4F3N18O6. The lowest BCUT2D eigenvalue weighted by Gasteiger charge is -2.38. The maximum Gasteiger partial charge on any atom is 0.263 e. The van der Waals surface area contributed by atoms with Crippen LogP contribution < -0.4 is 31.9 Å². The van der Waals surface area contributed by atoms with Crippen molar-refractivity contribution in [2.75, 3.05) is 31.9 Å². The number of anilines is 6. The van der Waals surface area contributed by atoms with E-state index in [1.807, 2.05) is 117 Å². The zero-order valence-corrected chi connectivity index (χ0v) is 85.9. The molecular weight excluding hydrogens is 1890 g/mol. The number of amides is 6. The van der Waals surface area contributed by atoms with Crippen LogP contribution in [-0.2, 0) is 28.8 Å². The second kappa shape index (κ2) is 42.4. The summed E-state index contributed by atoms with van der Waals surface area (Å²) in [5.41, 5.74) is 9.67. The normalized spacial score (nSPS) is 18.6. The predicted molar refractivity (Wildman–Crippen MR) is 550 cm³/mol. The first-order valence-corrected chi connectivity index (χ1v) is 51.3. The van der Waals surface area contributed by atoms with E-state index < -0.39 is 12.1 Å². The highest BCUT2D eigenvalue weighted by molar-refractivity contribution is 9.10. The van der Waals surface area contributed by atoms with Crippen molar-refractivity contribution in [3.63, 3.8) is 0 Å². The number of imidazole rings is 6. The molecule has 0 aliphatic heterocycles. The Morgan fingerprint density at radius 1 is 0.387 bits per heavy atom. The molecule has 20 rings (SSSR count). The van der Waals surface area contributed by atoms with Gasteiger partial charge in [-0.05, 0) is 285 Å². The number of halogens is 8. The van der Waals surface area contributed by atoms with Gasteiger partial charge in [0.15, 0.2) is 0 Å². The van der Waals surface area contributed by atoms with E-state index in [1.54, 1.807) is 13.0 Å². The van der Waals surface area contributed by atoms with E-state index in [0.29, 0.717) is 148 Å². The first-order chi connectivity index (χ1) is 64.8. The maximum absolute atomic E-state index is 13.6. The fraction of sp³-hybridized carbons (Fsp3) is 0.543. The van der Waals surface area contributed by atoms with Crippen molar-refractivity contribution in [3.05, 3.63) is 139 Å². The summed E-state index contributed by atoms with van der Waals surface area (Å²) in [6.07, 6.45) is 24.7. The second-order valence-electron chi connectivity index (χ2n) is 43.8. The Bertz CT molecular complexity index is 6290. The first kappa shape index (κ1) is 102. The van der Waals surface area contributed by atoms with Gasteiger partial charge in [-0.1, -0.05) is 165 Å². The number of nitrogens with zero attached hydrogens (tertiary/aromatic N) is 12. The van der Waals surface area contributed by atoms with E-state index in [2.05, 4.69) is 169 Å². The van der Waals surface area contributed by atoms with Crippen LogP contribution in [0.3, 0.4) is 0 Å². The minimum Gasteiger partial charge on any atom is -0.307 e. The summed E-state index contributed by atoms with van der Waals surface area (Å²) in [4.78, 5) is 102. The van der Waals surface area contributed by atoms with E-state index in [4.69, 9.17) is 46.4 Å². The van der Waals surface area contributed by atoms with Gasteiger partial charge in [-0.25, -0.2) is 43.1 Å². The molecule has 24 nitrogen and oxygen atoms in total. The molecule has 8 fully saturated rings. The van der Waals surface area contributed by atoms with Crippen molar-refractivity contribution in [1.29, 1.82) is 0 Å². The van der Waals surface area contributed by atoms with Crippen molar-refractivity contribution in [1.82, 2.24) is 57.3 Å². The topological polar surface area (TPSA) is 282 Å². The van der Waals surface area contributed by atoms with Crippen LogP contribution in [0.1, 0.15) is 325 Å². The Morgan fingerprint density at radius 2 is 0.657 bits per heavy atom. The van der Waals surface area contributed by atoms with E-state index in [-0.39, 0.29) is 80.5 Å². The van der Waals surface area contributed by atoms with Crippen molar-refractivity contribution in [2.24, 2.45) is 39.4 Å². The molecule has 8 aliphatic carbocycles. The Kier molecular flexibility index (Phi) is 31.5. The van der Waals surface area contributed by atoms with Crippen LogP contribution in [0, 0.1) is 39.4 Å². The third kappa shape index (κ3) is 25.2. The van der Waals surface area contributed by atoms with E-state index in [9.17, 15) is 41.9 Å². The Morgan fingerprint density at radius 3 is 0.920 bits per heavy atom. The number of hydrogen-bond acceptors (Lipinski definition) is 12. The number of carbonyl (C=O) groups excluding carboxylic acids is 6. The van der Waals surface area contributed by atoms with Gasteiger partial charge < -0.3 is 27.4 Å². The molecule has 6 aromatic carbocycles. The van der Waals surface area contributed by atoms with E-state index in [0.717, 1.165) is 156 Å². The molecule has 32 heteroatoms. The number of hydrogen-bond donors (Lipinski definition) is 6. The quantitative estimate of drug-likeness (QED) is 0.0369. The summed E-state index contributed by atoms with van der Waals surface area (Å²) in [7, 11) is 0.